The van der Waals surface area contributed by atoms with Gasteiger partial charge in [-0.2, -0.15) is 0 Å². The Morgan fingerprint density at radius 2 is 0.955 bits per heavy atom. The maximum Gasteiger partial charge on any atom is 0.161 e. The molecule has 0 saturated heterocycles. The average molecular weight is 591 g/mol. The lowest BCUT2D eigenvalue weighted by molar-refractivity contribution is 0.254. The molecule has 0 heterocycles. The Morgan fingerprint density at radius 3 is 1.36 bits per heavy atom. The van der Waals surface area contributed by atoms with Crippen LogP contribution in [0.5, 0.6) is 28.7 Å². The summed E-state index contributed by atoms with van der Waals surface area (Å²) < 4.78 is 29.3. The topological polar surface area (TPSA) is 66.4 Å². The van der Waals surface area contributed by atoms with Crippen molar-refractivity contribution in [3.63, 3.8) is 0 Å². The summed E-state index contributed by atoms with van der Waals surface area (Å²) in [6.07, 6.45) is 0. The zero-order valence-corrected chi connectivity index (χ0v) is 25.3. The molecule has 1 atom stereocenters. The first-order valence-electron chi connectivity index (χ1n) is 14.6. The first-order chi connectivity index (χ1) is 21.6. The minimum Gasteiger partial charge on any atom is -0.497 e. The Bertz CT molecular complexity index is 1510. The van der Waals surface area contributed by atoms with Gasteiger partial charge in [-0.25, -0.2) is 0 Å². The standard InChI is InChI=1S/C38H38O6/c1-40-32-18-14-29(15-19-32)33(24-39)38(30-16-20-34(36(22-30)41-2)43-25-27-10-6-4-7-11-27)31-17-21-35(37(23-31)42-3)44-26-28-12-8-5-9-13-28/h4-23,33,38-39H,24-26H2,1-3H3. The lowest BCUT2D eigenvalue weighted by atomic mass is 9.77. The number of hydrogen-bond donors (Lipinski definition) is 1. The second kappa shape index (κ2) is 15.0. The van der Waals surface area contributed by atoms with Crippen molar-refractivity contribution in [3.8, 4) is 28.7 Å². The van der Waals surface area contributed by atoms with Crippen molar-refractivity contribution >= 4 is 0 Å². The predicted octanol–water partition coefficient (Wildman–Crippen LogP) is 7.78. The van der Waals surface area contributed by atoms with Gasteiger partial charge in [0, 0.05) is 11.8 Å². The monoisotopic (exact) mass is 590 g/mol. The van der Waals surface area contributed by atoms with E-state index in [0.717, 1.165) is 33.6 Å². The van der Waals surface area contributed by atoms with Gasteiger partial charge in [0.2, 0.25) is 0 Å². The number of rotatable bonds is 14. The van der Waals surface area contributed by atoms with Crippen molar-refractivity contribution in [2.75, 3.05) is 27.9 Å². The van der Waals surface area contributed by atoms with E-state index < -0.39 is 0 Å². The molecule has 0 radical (unpaired) electrons. The quantitative estimate of drug-likeness (QED) is 0.143. The van der Waals surface area contributed by atoms with Crippen molar-refractivity contribution in [1.29, 1.82) is 0 Å². The fraction of sp³-hybridized carbons (Fsp3) is 0.211. The molecule has 0 spiro atoms. The zero-order valence-electron chi connectivity index (χ0n) is 25.3. The highest BCUT2D eigenvalue weighted by atomic mass is 16.5. The van der Waals surface area contributed by atoms with Crippen molar-refractivity contribution in [2.45, 2.75) is 25.0 Å². The lowest BCUT2D eigenvalue weighted by Gasteiger charge is -2.28. The molecular weight excluding hydrogens is 552 g/mol. The van der Waals surface area contributed by atoms with Crippen molar-refractivity contribution in [3.05, 3.63) is 149 Å². The molecule has 226 valence electrons. The summed E-state index contributed by atoms with van der Waals surface area (Å²) in [4.78, 5) is 0. The molecular formula is C38H38O6. The Hall–Kier alpha value is -4.94. The predicted molar refractivity (Wildman–Crippen MR) is 172 cm³/mol. The molecule has 0 amide bonds. The molecule has 6 nitrogen and oxygen atoms in total. The van der Waals surface area contributed by atoms with Crippen LogP contribution in [0.1, 0.15) is 39.7 Å². The highest BCUT2D eigenvalue weighted by molar-refractivity contribution is 5.51. The molecule has 44 heavy (non-hydrogen) atoms. The molecule has 5 aromatic rings. The normalized spacial score (nSPS) is 11.6. The first kappa shape index (κ1) is 30.5. The van der Waals surface area contributed by atoms with Crippen LogP contribution in [0.25, 0.3) is 0 Å². The third-order valence-electron chi connectivity index (χ3n) is 7.71. The van der Waals surface area contributed by atoms with Gasteiger partial charge >= 0.3 is 0 Å². The molecule has 0 fully saturated rings. The highest BCUT2D eigenvalue weighted by Crippen LogP contribution is 2.44. The smallest absolute Gasteiger partial charge is 0.161 e. The molecule has 5 aromatic carbocycles. The number of methoxy groups -OCH3 is 3. The van der Waals surface area contributed by atoms with E-state index in [1.54, 1.807) is 21.3 Å². The van der Waals surface area contributed by atoms with Crippen LogP contribution in [-0.4, -0.2) is 33.0 Å². The first-order valence-corrected chi connectivity index (χ1v) is 14.6. The minimum absolute atomic E-state index is 0.0832. The van der Waals surface area contributed by atoms with Crippen LogP contribution in [0.3, 0.4) is 0 Å². The van der Waals surface area contributed by atoms with Gasteiger partial charge in [0.15, 0.2) is 23.0 Å². The number of aliphatic hydroxyl groups excluding tert-OH is 1. The number of benzene rings is 5. The lowest BCUT2D eigenvalue weighted by Crippen LogP contribution is -2.17. The van der Waals surface area contributed by atoms with Gasteiger partial charge in [-0.15, -0.1) is 0 Å². The van der Waals surface area contributed by atoms with Crippen LogP contribution < -0.4 is 23.7 Å². The van der Waals surface area contributed by atoms with Gasteiger partial charge in [0.25, 0.3) is 0 Å². The van der Waals surface area contributed by atoms with Crippen molar-refractivity contribution < 1.29 is 28.8 Å². The maximum absolute atomic E-state index is 10.8. The van der Waals surface area contributed by atoms with E-state index in [2.05, 4.69) is 0 Å². The van der Waals surface area contributed by atoms with Crippen LogP contribution in [0.2, 0.25) is 0 Å². The van der Waals surface area contributed by atoms with Gasteiger partial charge in [-0.1, -0.05) is 84.9 Å². The summed E-state index contributed by atoms with van der Waals surface area (Å²) in [6.45, 7) is 0.763. The van der Waals surface area contributed by atoms with E-state index in [0.29, 0.717) is 36.2 Å². The van der Waals surface area contributed by atoms with E-state index in [4.69, 9.17) is 23.7 Å². The molecule has 0 aliphatic rings. The summed E-state index contributed by atoms with van der Waals surface area (Å²) in [7, 11) is 4.92. The third-order valence-corrected chi connectivity index (χ3v) is 7.71. The van der Waals surface area contributed by atoms with Crippen molar-refractivity contribution in [1.82, 2.24) is 0 Å². The van der Waals surface area contributed by atoms with Crippen LogP contribution in [-0.2, 0) is 13.2 Å². The Morgan fingerprint density at radius 1 is 0.500 bits per heavy atom. The Kier molecular flexibility index (Phi) is 10.4. The van der Waals surface area contributed by atoms with Crippen molar-refractivity contribution in [2.24, 2.45) is 0 Å². The second-order valence-corrected chi connectivity index (χ2v) is 10.4. The molecule has 0 aromatic heterocycles. The molecule has 0 aliphatic carbocycles. The summed E-state index contributed by atoms with van der Waals surface area (Å²) in [5, 5.41) is 10.8. The number of aliphatic hydroxyl groups is 1. The molecule has 0 aliphatic heterocycles. The van der Waals surface area contributed by atoms with Crippen LogP contribution in [0.15, 0.2) is 121 Å². The van der Waals surface area contributed by atoms with Crippen LogP contribution in [0, 0.1) is 0 Å². The molecule has 0 bridgehead atoms. The van der Waals surface area contributed by atoms with E-state index in [9.17, 15) is 5.11 Å². The average Bonchev–Trinajstić information content (AvgIpc) is 3.09. The van der Waals surface area contributed by atoms with E-state index in [1.165, 1.54) is 0 Å². The summed E-state index contributed by atoms with van der Waals surface area (Å²) >= 11 is 0. The van der Waals surface area contributed by atoms with Gasteiger partial charge in [-0.05, 0) is 64.2 Å². The summed E-state index contributed by atoms with van der Waals surface area (Å²) in [6, 6.07) is 39.8. The van der Waals surface area contributed by atoms with Crippen LogP contribution in [0.4, 0.5) is 0 Å². The van der Waals surface area contributed by atoms with E-state index in [1.807, 2.05) is 121 Å². The SMILES string of the molecule is COc1ccc(C(CO)C(c2ccc(OCc3ccccc3)c(OC)c2)c2ccc(OCc3ccccc3)c(OC)c2)cc1. The molecule has 1 N–H and O–H groups in total. The number of hydrogen-bond acceptors (Lipinski definition) is 6. The van der Waals surface area contributed by atoms with Gasteiger partial charge in [0.1, 0.15) is 19.0 Å². The summed E-state index contributed by atoms with van der Waals surface area (Å²) in [5.74, 6) is 2.75. The Labute approximate surface area is 259 Å². The fourth-order valence-electron chi connectivity index (χ4n) is 5.38. The summed E-state index contributed by atoms with van der Waals surface area (Å²) in [5.41, 5.74) is 5.04. The molecule has 1 unspecified atom stereocenters. The maximum atomic E-state index is 10.8. The zero-order chi connectivity index (χ0) is 30.7. The Balaban J connectivity index is 1.51. The van der Waals surface area contributed by atoms with Gasteiger partial charge in [-0.3, -0.25) is 0 Å². The third kappa shape index (κ3) is 7.33. The molecule has 0 saturated carbocycles. The van der Waals surface area contributed by atoms with Crippen LogP contribution >= 0.6 is 0 Å². The van der Waals surface area contributed by atoms with Gasteiger partial charge < -0.3 is 28.8 Å². The largest absolute Gasteiger partial charge is 0.497 e. The molecule has 5 rings (SSSR count). The van der Waals surface area contributed by atoms with E-state index in [-0.39, 0.29) is 18.4 Å². The number of ether oxygens (including phenoxy) is 5. The highest BCUT2D eigenvalue weighted by Gasteiger charge is 2.28. The fourth-order valence-corrected chi connectivity index (χ4v) is 5.38. The van der Waals surface area contributed by atoms with Gasteiger partial charge in [0.05, 0.1) is 27.9 Å². The minimum atomic E-state index is -0.275. The second-order valence-electron chi connectivity index (χ2n) is 10.4. The molecule has 6 heteroatoms. The van der Waals surface area contributed by atoms with E-state index >= 15 is 0 Å².